The zero-order valence-corrected chi connectivity index (χ0v) is 11.3. The lowest BCUT2D eigenvalue weighted by molar-refractivity contribution is -0.234. The molecule has 2 aliphatic rings. The van der Waals surface area contributed by atoms with E-state index < -0.39 is 0 Å². The highest BCUT2D eigenvalue weighted by Gasteiger charge is 2.59. The summed E-state index contributed by atoms with van der Waals surface area (Å²) in [5.41, 5.74) is 0.0743. The molecule has 0 N–H and O–H groups in total. The zero-order valence-electron chi connectivity index (χ0n) is 11.3. The molecule has 2 fully saturated rings. The third kappa shape index (κ3) is 2.01. The molecular weight excluding hydrogens is 220 g/mol. The van der Waals surface area contributed by atoms with Crippen molar-refractivity contribution in [3.63, 3.8) is 0 Å². The van der Waals surface area contributed by atoms with Crippen molar-refractivity contribution >= 4 is 0 Å². The van der Waals surface area contributed by atoms with Crippen LogP contribution in [0.5, 0.6) is 0 Å². The first-order valence-corrected chi connectivity index (χ1v) is 6.33. The molecule has 0 aromatic heterocycles. The predicted molar refractivity (Wildman–Crippen MR) is 63.5 cm³/mol. The van der Waals surface area contributed by atoms with E-state index in [1.54, 1.807) is 28.4 Å². The van der Waals surface area contributed by atoms with Crippen LogP contribution >= 0.6 is 0 Å². The molecule has 2 rings (SSSR count). The van der Waals surface area contributed by atoms with E-state index in [-0.39, 0.29) is 18.0 Å². The molecule has 0 saturated heterocycles. The number of fused-ring (bicyclic) bond motifs is 2. The maximum atomic E-state index is 5.54. The minimum atomic E-state index is -0.146. The first-order valence-electron chi connectivity index (χ1n) is 6.33. The monoisotopic (exact) mass is 244 g/mol. The van der Waals surface area contributed by atoms with Crippen molar-refractivity contribution in [3.8, 4) is 0 Å². The van der Waals surface area contributed by atoms with Gasteiger partial charge in [0.2, 0.25) is 0 Å². The van der Waals surface area contributed by atoms with E-state index in [0.29, 0.717) is 5.92 Å². The average Bonchev–Trinajstić information content (AvgIpc) is 2.91. The molecular formula is C13H24O4. The lowest BCUT2D eigenvalue weighted by atomic mass is 9.73. The van der Waals surface area contributed by atoms with Gasteiger partial charge in [-0.1, -0.05) is 0 Å². The van der Waals surface area contributed by atoms with Crippen LogP contribution in [0.15, 0.2) is 0 Å². The fourth-order valence-electron chi connectivity index (χ4n) is 4.11. The van der Waals surface area contributed by atoms with Gasteiger partial charge in [-0.2, -0.15) is 0 Å². The largest absolute Gasteiger partial charge is 0.356 e. The van der Waals surface area contributed by atoms with Crippen molar-refractivity contribution < 1.29 is 18.9 Å². The van der Waals surface area contributed by atoms with Crippen LogP contribution in [0.2, 0.25) is 0 Å². The summed E-state index contributed by atoms with van der Waals surface area (Å²) in [5.74, 6) is 1.15. The minimum absolute atomic E-state index is 0.0743. The summed E-state index contributed by atoms with van der Waals surface area (Å²) in [5, 5.41) is 0. The highest BCUT2D eigenvalue weighted by Crippen LogP contribution is 2.61. The lowest BCUT2D eigenvalue weighted by Crippen LogP contribution is -2.46. The van der Waals surface area contributed by atoms with Gasteiger partial charge in [0.25, 0.3) is 0 Å². The molecule has 0 aliphatic heterocycles. The Balaban J connectivity index is 2.21. The number of rotatable bonds is 6. The predicted octanol–water partition coefficient (Wildman–Crippen LogP) is 2.03. The molecule has 0 spiro atoms. The Morgan fingerprint density at radius 3 is 2.12 bits per heavy atom. The van der Waals surface area contributed by atoms with Crippen LogP contribution in [-0.4, -0.2) is 41.0 Å². The fourth-order valence-corrected chi connectivity index (χ4v) is 4.11. The maximum absolute atomic E-state index is 5.54. The van der Waals surface area contributed by atoms with Gasteiger partial charge >= 0.3 is 0 Å². The number of hydrogen-bond donors (Lipinski definition) is 0. The number of ether oxygens (including phenoxy) is 4. The van der Waals surface area contributed by atoms with E-state index in [2.05, 4.69) is 0 Å². The Kier molecular flexibility index (Phi) is 4.08. The second-order valence-corrected chi connectivity index (χ2v) is 5.33. The molecule has 0 aromatic rings. The molecule has 2 aliphatic carbocycles. The normalized spacial score (nSPS) is 36.4. The third-order valence-corrected chi connectivity index (χ3v) is 4.70. The van der Waals surface area contributed by atoms with Gasteiger partial charge in [0.15, 0.2) is 12.6 Å². The van der Waals surface area contributed by atoms with Gasteiger partial charge in [-0.25, -0.2) is 0 Å². The van der Waals surface area contributed by atoms with Crippen LogP contribution in [0.4, 0.5) is 0 Å². The summed E-state index contributed by atoms with van der Waals surface area (Å²) in [6, 6.07) is 0. The summed E-state index contributed by atoms with van der Waals surface area (Å²) in [7, 11) is 6.87. The Morgan fingerprint density at radius 2 is 1.65 bits per heavy atom. The molecule has 0 unspecified atom stereocenters. The van der Waals surface area contributed by atoms with E-state index in [4.69, 9.17) is 18.9 Å². The van der Waals surface area contributed by atoms with Gasteiger partial charge < -0.3 is 18.9 Å². The van der Waals surface area contributed by atoms with Crippen LogP contribution in [0, 0.1) is 17.3 Å². The average molecular weight is 244 g/mol. The third-order valence-electron chi connectivity index (χ3n) is 4.70. The van der Waals surface area contributed by atoms with Crippen LogP contribution in [-0.2, 0) is 18.9 Å². The second kappa shape index (κ2) is 5.22. The van der Waals surface area contributed by atoms with E-state index in [1.807, 2.05) is 0 Å². The molecule has 0 amide bonds. The molecule has 2 bridgehead atoms. The molecule has 0 heterocycles. The van der Waals surface area contributed by atoms with Gasteiger partial charge in [0, 0.05) is 39.8 Å². The molecule has 100 valence electrons. The van der Waals surface area contributed by atoms with E-state index in [0.717, 1.165) is 18.8 Å². The van der Waals surface area contributed by atoms with Crippen molar-refractivity contribution in [1.82, 2.24) is 0 Å². The Morgan fingerprint density at radius 1 is 1.00 bits per heavy atom. The van der Waals surface area contributed by atoms with Gasteiger partial charge in [0.1, 0.15) is 0 Å². The summed E-state index contributed by atoms with van der Waals surface area (Å²) < 4.78 is 22.0. The van der Waals surface area contributed by atoms with Crippen molar-refractivity contribution in [2.24, 2.45) is 17.3 Å². The molecule has 3 atom stereocenters. The van der Waals surface area contributed by atoms with Gasteiger partial charge in [-0.3, -0.25) is 0 Å². The van der Waals surface area contributed by atoms with Crippen LogP contribution < -0.4 is 0 Å². The molecule has 0 radical (unpaired) electrons. The maximum Gasteiger partial charge on any atom is 0.162 e. The Hall–Kier alpha value is -0.160. The van der Waals surface area contributed by atoms with Crippen LogP contribution in [0.3, 0.4) is 0 Å². The Bertz CT molecular complexity index is 250. The Labute approximate surface area is 104 Å². The highest BCUT2D eigenvalue weighted by molar-refractivity contribution is 5.04. The highest BCUT2D eigenvalue weighted by atomic mass is 16.7. The molecule has 2 saturated carbocycles. The van der Waals surface area contributed by atoms with Gasteiger partial charge in [0.05, 0.1) is 0 Å². The van der Waals surface area contributed by atoms with Crippen molar-refractivity contribution in [3.05, 3.63) is 0 Å². The SMILES string of the molecule is COC(OC)[C@@H]1C[C@H]2CC[C@]1(C(OC)OC)C2. The summed E-state index contributed by atoms with van der Waals surface area (Å²) in [6.07, 6.45) is 4.47. The lowest BCUT2D eigenvalue weighted by Gasteiger charge is -2.42. The molecule has 4 nitrogen and oxygen atoms in total. The van der Waals surface area contributed by atoms with E-state index in [9.17, 15) is 0 Å². The topological polar surface area (TPSA) is 36.9 Å². The molecule has 4 heteroatoms. The fraction of sp³-hybridized carbons (Fsp3) is 1.00. The number of hydrogen-bond acceptors (Lipinski definition) is 4. The smallest absolute Gasteiger partial charge is 0.162 e. The number of methoxy groups -OCH3 is 4. The van der Waals surface area contributed by atoms with Gasteiger partial charge in [-0.05, 0) is 31.6 Å². The summed E-state index contributed by atoms with van der Waals surface area (Å²) in [6.45, 7) is 0. The van der Waals surface area contributed by atoms with E-state index in [1.165, 1.54) is 12.8 Å². The minimum Gasteiger partial charge on any atom is -0.356 e. The summed E-state index contributed by atoms with van der Waals surface area (Å²) in [4.78, 5) is 0. The van der Waals surface area contributed by atoms with Crippen molar-refractivity contribution in [2.45, 2.75) is 38.3 Å². The quantitative estimate of drug-likeness (QED) is 0.670. The van der Waals surface area contributed by atoms with Crippen molar-refractivity contribution in [1.29, 1.82) is 0 Å². The molecule has 0 aromatic carbocycles. The summed E-state index contributed by atoms with van der Waals surface area (Å²) >= 11 is 0. The molecule has 17 heavy (non-hydrogen) atoms. The van der Waals surface area contributed by atoms with Crippen LogP contribution in [0.1, 0.15) is 25.7 Å². The van der Waals surface area contributed by atoms with Crippen molar-refractivity contribution in [2.75, 3.05) is 28.4 Å². The second-order valence-electron chi connectivity index (χ2n) is 5.33. The first-order chi connectivity index (χ1) is 8.21. The first kappa shape index (κ1) is 13.3. The van der Waals surface area contributed by atoms with Crippen LogP contribution in [0.25, 0.3) is 0 Å². The standard InChI is InChI=1S/C13H24O4/c1-14-11(15-2)10-7-9-5-6-13(10,8-9)12(16-3)17-4/h9-12H,5-8H2,1-4H3/t9-,10+,13+/m1/s1. The van der Waals surface area contributed by atoms with Gasteiger partial charge in [-0.15, -0.1) is 0 Å². The van der Waals surface area contributed by atoms with E-state index >= 15 is 0 Å². The zero-order chi connectivity index (χ0) is 12.5.